The first-order valence-corrected chi connectivity index (χ1v) is 17.5. The molecule has 0 aromatic heterocycles. The number of hydrogen-bond donors (Lipinski definition) is 1. The summed E-state index contributed by atoms with van der Waals surface area (Å²) in [6, 6.07) is 13.4. The maximum Gasteiger partial charge on any atom is 0.370 e. The van der Waals surface area contributed by atoms with E-state index < -0.39 is 37.4 Å². The lowest BCUT2D eigenvalue weighted by Crippen LogP contribution is -2.62. The molecule has 0 aliphatic carbocycles. The van der Waals surface area contributed by atoms with E-state index >= 15 is 0 Å². The molecule has 4 atom stereocenters. The van der Waals surface area contributed by atoms with Crippen molar-refractivity contribution >= 4 is 20.3 Å². The average molecular weight is 593 g/mol. The van der Waals surface area contributed by atoms with Crippen molar-refractivity contribution in [2.75, 3.05) is 14.2 Å². The molecule has 1 heterocycles. The number of ether oxygens (including phenoxy) is 4. The van der Waals surface area contributed by atoms with Gasteiger partial charge in [-0.3, -0.25) is 0 Å². The standard InChI is InChI=1S/C32H52O8Si/c1-10-41(11-2,12-3)38-27(19-18-24(4)22-25(5)23-26-16-14-13-15-17-26)20-21-31(28(33)36-8)32(35,29(34)37-9)40-30(6,7)39-31/h13-17,22,25,27,35H,10-12,18-21,23H2,1-9H3/b24-22+/t25-,27?,31-,32?/m0/s1. The van der Waals surface area contributed by atoms with Gasteiger partial charge in [0.05, 0.1) is 14.2 Å². The zero-order chi connectivity index (χ0) is 30.9. The van der Waals surface area contributed by atoms with E-state index in [1.54, 1.807) is 0 Å². The summed E-state index contributed by atoms with van der Waals surface area (Å²) in [4.78, 5) is 26.0. The number of carbonyl (C=O) groups excluding carboxylic acids is 2. The fourth-order valence-electron chi connectivity index (χ4n) is 5.94. The number of allylic oxidation sites excluding steroid dienone is 2. The highest BCUT2D eigenvalue weighted by Gasteiger charge is 2.73. The molecule has 1 aromatic rings. The van der Waals surface area contributed by atoms with Crippen LogP contribution in [0.4, 0.5) is 0 Å². The summed E-state index contributed by atoms with van der Waals surface area (Å²) < 4.78 is 28.5. The number of hydrogen-bond acceptors (Lipinski definition) is 8. The van der Waals surface area contributed by atoms with Crippen molar-refractivity contribution in [2.45, 2.75) is 122 Å². The lowest BCUT2D eigenvalue weighted by atomic mass is 9.86. The Bertz CT molecular complexity index is 1010. The molecule has 1 N–H and O–H groups in total. The van der Waals surface area contributed by atoms with Crippen LogP contribution in [-0.2, 0) is 39.4 Å². The monoisotopic (exact) mass is 592 g/mol. The molecule has 1 aliphatic heterocycles. The second kappa shape index (κ2) is 14.9. The van der Waals surface area contributed by atoms with Crippen LogP contribution in [0.3, 0.4) is 0 Å². The van der Waals surface area contributed by atoms with E-state index in [4.69, 9.17) is 23.4 Å². The summed E-state index contributed by atoms with van der Waals surface area (Å²) in [7, 11) is 0.292. The molecule has 1 aliphatic rings. The van der Waals surface area contributed by atoms with Gasteiger partial charge in [-0.05, 0) is 82.5 Å². The van der Waals surface area contributed by atoms with Crippen molar-refractivity contribution in [3.8, 4) is 0 Å². The van der Waals surface area contributed by atoms with Crippen LogP contribution in [-0.4, -0.2) is 62.9 Å². The van der Waals surface area contributed by atoms with Crippen molar-refractivity contribution in [2.24, 2.45) is 5.92 Å². The van der Waals surface area contributed by atoms with Crippen molar-refractivity contribution in [3.63, 3.8) is 0 Å². The molecule has 0 spiro atoms. The number of carbonyl (C=O) groups is 2. The van der Waals surface area contributed by atoms with Crippen LogP contribution >= 0.6 is 0 Å². The van der Waals surface area contributed by atoms with Gasteiger partial charge < -0.3 is 28.5 Å². The fraction of sp³-hybridized carbons (Fsp3) is 0.688. The van der Waals surface area contributed by atoms with Gasteiger partial charge in [0, 0.05) is 6.10 Å². The van der Waals surface area contributed by atoms with Gasteiger partial charge in [0.2, 0.25) is 5.60 Å². The van der Waals surface area contributed by atoms with Gasteiger partial charge in [-0.15, -0.1) is 0 Å². The molecule has 9 heteroatoms. The highest BCUT2D eigenvalue weighted by Crippen LogP contribution is 2.47. The topological polar surface area (TPSA) is 101 Å². The minimum atomic E-state index is -2.67. The van der Waals surface area contributed by atoms with Gasteiger partial charge in [0.15, 0.2) is 14.1 Å². The summed E-state index contributed by atoms with van der Waals surface area (Å²) in [5.74, 6) is -5.73. The van der Waals surface area contributed by atoms with Crippen molar-refractivity contribution in [3.05, 3.63) is 47.5 Å². The minimum Gasteiger partial charge on any atom is -0.467 e. The zero-order valence-electron chi connectivity index (χ0n) is 26.6. The normalized spacial score (nSPS) is 24.1. The first kappa shape index (κ1) is 35.2. The highest BCUT2D eigenvalue weighted by atomic mass is 28.4. The second-order valence-corrected chi connectivity index (χ2v) is 16.5. The van der Waals surface area contributed by atoms with Crippen LogP contribution in [0.25, 0.3) is 0 Å². The van der Waals surface area contributed by atoms with E-state index in [0.29, 0.717) is 12.3 Å². The Morgan fingerprint density at radius 1 is 0.976 bits per heavy atom. The number of esters is 2. The molecular weight excluding hydrogens is 540 g/mol. The SMILES string of the molecule is CC[Si](CC)(CC)OC(CC/C(C)=C/[C@H](C)Cc1ccccc1)CC[C@@]1(C(=O)OC)OC(C)(C)OC1(O)C(=O)OC. The van der Waals surface area contributed by atoms with Gasteiger partial charge in [0.1, 0.15) is 0 Å². The predicted molar refractivity (Wildman–Crippen MR) is 162 cm³/mol. The Labute approximate surface area is 247 Å². The smallest absolute Gasteiger partial charge is 0.370 e. The highest BCUT2D eigenvalue weighted by molar-refractivity contribution is 6.73. The van der Waals surface area contributed by atoms with E-state index in [2.05, 4.69) is 65.0 Å². The molecule has 2 rings (SSSR count). The first-order valence-electron chi connectivity index (χ1n) is 14.9. The quantitative estimate of drug-likeness (QED) is 0.135. The Kier molecular flexibility index (Phi) is 12.8. The molecule has 1 saturated heterocycles. The van der Waals surface area contributed by atoms with Crippen LogP contribution in [0.15, 0.2) is 42.0 Å². The van der Waals surface area contributed by atoms with Crippen LogP contribution in [0, 0.1) is 5.92 Å². The van der Waals surface area contributed by atoms with Crippen LogP contribution in [0.2, 0.25) is 18.1 Å². The largest absolute Gasteiger partial charge is 0.467 e. The molecule has 232 valence electrons. The second-order valence-electron chi connectivity index (χ2n) is 11.8. The fourth-order valence-corrected chi connectivity index (χ4v) is 8.89. The summed E-state index contributed by atoms with van der Waals surface area (Å²) in [5, 5.41) is 11.5. The first-order chi connectivity index (χ1) is 19.3. The molecule has 0 bridgehead atoms. The van der Waals surface area contributed by atoms with Crippen LogP contribution in [0.1, 0.15) is 79.7 Å². The lowest BCUT2D eigenvalue weighted by Gasteiger charge is -2.37. The lowest BCUT2D eigenvalue weighted by molar-refractivity contribution is -0.248. The van der Waals surface area contributed by atoms with Gasteiger partial charge in [0.25, 0.3) is 0 Å². The molecule has 2 unspecified atom stereocenters. The third-order valence-corrected chi connectivity index (χ3v) is 13.0. The van der Waals surface area contributed by atoms with E-state index in [-0.39, 0.29) is 12.5 Å². The zero-order valence-corrected chi connectivity index (χ0v) is 27.6. The third kappa shape index (κ3) is 8.51. The van der Waals surface area contributed by atoms with Crippen LogP contribution in [0.5, 0.6) is 0 Å². The van der Waals surface area contributed by atoms with Crippen molar-refractivity contribution in [1.29, 1.82) is 0 Å². The summed E-state index contributed by atoms with van der Waals surface area (Å²) in [6.07, 6.45) is 4.93. The van der Waals surface area contributed by atoms with E-state index in [1.807, 2.05) is 6.07 Å². The molecule has 1 aromatic carbocycles. The number of methoxy groups -OCH3 is 2. The predicted octanol–water partition coefficient (Wildman–Crippen LogP) is 6.32. The molecule has 0 radical (unpaired) electrons. The third-order valence-electron chi connectivity index (χ3n) is 8.34. The number of benzene rings is 1. The number of rotatable bonds is 16. The van der Waals surface area contributed by atoms with E-state index in [1.165, 1.54) is 32.1 Å². The molecule has 0 amide bonds. The summed E-state index contributed by atoms with van der Waals surface area (Å²) in [5.41, 5.74) is 0.473. The van der Waals surface area contributed by atoms with Gasteiger partial charge in [-0.25, -0.2) is 9.59 Å². The Balaban J connectivity index is 2.32. The maximum atomic E-state index is 13.2. The minimum absolute atomic E-state index is 0.0475. The average Bonchev–Trinajstić information content (AvgIpc) is 3.18. The molecule has 8 nitrogen and oxygen atoms in total. The van der Waals surface area contributed by atoms with Crippen LogP contribution < -0.4 is 0 Å². The molecular formula is C32H52O8Si. The summed E-state index contributed by atoms with van der Waals surface area (Å²) in [6.45, 7) is 14.0. The Morgan fingerprint density at radius 2 is 1.56 bits per heavy atom. The number of aliphatic hydroxyl groups is 1. The molecule has 1 fully saturated rings. The summed E-state index contributed by atoms with van der Waals surface area (Å²) >= 11 is 0. The Morgan fingerprint density at radius 3 is 2.10 bits per heavy atom. The maximum absolute atomic E-state index is 13.2. The van der Waals surface area contributed by atoms with Crippen molar-refractivity contribution in [1.82, 2.24) is 0 Å². The molecule has 41 heavy (non-hydrogen) atoms. The van der Waals surface area contributed by atoms with E-state index in [0.717, 1.165) is 44.5 Å². The Hall–Kier alpha value is -2.04. The van der Waals surface area contributed by atoms with E-state index in [9.17, 15) is 14.7 Å². The van der Waals surface area contributed by atoms with Crippen molar-refractivity contribution < 1.29 is 38.1 Å². The van der Waals surface area contributed by atoms with Gasteiger partial charge in [-0.1, -0.05) is 69.7 Å². The van der Waals surface area contributed by atoms with Gasteiger partial charge in [-0.2, -0.15) is 0 Å². The molecule has 0 saturated carbocycles. The van der Waals surface area contributed by atoms with Gasteiger partial charge >= 0.3 is 17.7 Å².